The standard InChI is InChI=1S/C17H17N3OS2/c1-3-19-11-13(10-18-19)9-15-16(21)20(17(22)23-15)12(2)14-7-5-4-6-8-14/h4-12H,3H2,1-2H3/b15-9-/t12-/m0/s1. The van der Waals surface area contributed by atoms with Crippen LogP contribution in [-0.2, 0) is 11.3 Å². The van der Waals surface area contributed by atoms with Crippen LogP contribution in [0, 0.1) is 0 Å². The molecule has 118 valence electrons. The van der Waals surface area contributed by atoms with E-state index in [0.717, 1.165) is 17.7 Å². The molecule has 23 heavy (non-hydrogen) atoms. The van der Waals surface area contributed by atoms with Gasteiger partial charge in [-0.05, 0) is 25.5 Å². The van der Waals surface area contributed by atoms with Crippen LogP contribution in [0.4, 0.5) is 0 Å². The van der Waals surface area contributed by atoms with Crippen molar-refractivity contribution >= 4 is 40.3 Å². The third kappa shape index (κ3) is 3.23. The second-order valence-electron chi connectivity index (χ2n) is 5.27. The van der Waals surface area contributed by atoms with Gasteiger partial charge >= 0.3 is 0 Å². The Kier molecular flexibility index (Phi) is 4.63. The van der Waals surface area contributed by atoms with Crippen LogP contribution in [-0.4, -0.2) is 24.9 Å². The summed E-state index contributed by atoms with van der Waals surface area (Å²) in [6.07, 6.45) is 5.54. The van der Waals surface area contributed by atoms with E-state index in [0.29, 0.717) is 9.23 Å². The second-order valence-corrected chi connectivity index (χ2v) is 6.94. The summed E-state index contributed by atoms with van der Waals surface area (Å²) in [7, 11) is 0. The molecule has 1 amide bonds. The summed E-state index contributed by atoms with van der Waals surface area (Å²) >= 11 is 6.77. The molecule has 0 unspecified atom stereocenters. The molecule has 0 radical (unpaired) electrons. The Bertz CT molecular complexity index is 767. The van der Waals surface area contributed by atoms with Gasteiger partial charge in [0.05, 0.1) is 17.1 Å². The zero-order valence-electron chi connectivity index (χ0n) is 13.0. The lowest BCUT2D eigenvalue weighted by Crippen LogP contribution is -2.30. The molecule has 4 nitrogen and oxygen atoms in total. The zero-order valence-corrected chi connectivity index (χ0v) is 14.6. The molecule has 0 N–H and O–H groups in total. The first-order valence-electron chi connectivity index (χ1n) is 7.44. The minimum Gasteiger partial charge on any atom is -0.286 e. The number of carbonyl (C=O) groups is 1. The molecule has 1 fully saturated rings. The fraction of sp³-hybridized carbons (Fsp3) is 0.235. The molecule has 1 aliphatic rings. The predicted molar refractivity (Wildman–Crippen MR) is 97.8 cm³/mol. The molecule has 2 heterocycles. The number of hydrogen-bond acceptors (Lipinski definition) is 4. The Morgan fingerprint density at radius 1 is 1.35 bits per heavy atom. The average molecular weight is 343 g/mol. The number of benzene rings is 1. The maximum Gasteiger partial charge on any atom is 0.266 e. The summed E-state index contributed by atoms with van der Waals surface area (Å²) in [6, 6.07) is 9.85. The largest absolute Gasteiger partial charge is 0.286 e. The average Bonchev–Trinajstić information content (AvgIpc) is 3.13. The minimum absolute atomic E-state index is 0.0411. The molecule has 0 aliphatic carbocycles. The van der Waals surface area contributed by atoms with E-state index in [2.05, 4.69) is 5.10 Å². The monoisotopic (exact) mass is 343 g/mol. The van der Waals surface area contributed by atoms with Gasteiger partial charge in [0.25, 0.3) is 5.91 Å². The molecule has 1 atom stereocenters. The third-order valence-electron chi connectivity index (χ3n) is 3.77. The smallest absolute Gasteiger partial charge is 0.266 e. The molecule has 1 aromatic heterocycles. The van der Waals surface area contributed by atoms with Crippen LogP contribution < -0.4 is 0 Å². The number of thioether (sulfide) groups is 1. The predicted octanol–water partition coefficient (Wildman–Crippen LogP) is 3.87. The number of nitrogens with zero attached hydrogens (tertiary/aromatic N) is 3. The number of amides is 1. The summed E-state index contributed by atoms with van der Waals surface area (Å²) in [5.41, 5.74) is 1.99. The molecule has 1 aliphatic heterocycles. The van der Waals surface area contributed by atoms with E-state index in [1.165, 1.54) is 11.8 Å². The first-order chi connectivity index (χ1) is 11.1. The van der Waals surface area contributed by atoms with Crippen LogP contribution in [0.15, 0.2) is 47.6 Å². The Morgan fingerprint density at radius 3 is 2.74 bits per heavy atom. The van der Waals surface area contributed by atoms with E-state index in [1.807, 2.05) is 61.1 Å². The van der Waals surface area contributed by atoms with Crippen LogP contribution in [0.2, 0.25) is 0 Å². The van der Waals surface area contributed by atoms with E-state index in [9.17, 15) is 4.79 Å². The normalized spacial score (nSPS) is 18.0. The van der Waals surface area contributed by atoms with Crippen LogP contribution >= 0.6 is 24.0 Å². The number of aromatic nitrogens is 2. The lowest BCUT2D eigenvalue weighted by molar-refractivity contribution is -0.123. The van der Waals surface area contributed by atoms with E-state index >= 15 is 0 Å². The molecular weight excluding hydrogens is 326 g/mol. The molecule has 1 aromatic carbocycles. The molecular formula is C17H17N3OS2. The number of aryl methyl sites for hydroxylation is 1. The summed E-state index contributed by atoms with van der Waals surface area (Å²) in [5.74, 6) is -0.0411. The van der Waals surface area contributed by atoms with Crippen molar-refractivity contribution in [3.05, 3.63) is 58.8 Å². The fourth-order valence-electron chi connectivity index (χ4n) is 2.47. The number of thiocarbonyl (C=S) groups is 1. The van der Waals surface area contributed by atoms with Crippen LogP contribution in [0.25, 0.3) is 6.08 Å². The van der Waals surface area contributed by atoms with Crippen LogP contribution in [0.1, 0.15) is 31.0 Å². The van der Waals surface area contributed by atoms with Gasteiger partial charge in [0.1, 0.15) is 4.32 Å². The molecule has 0 bridgehead atoms. The highest BCUT2D eigenvalue weighted by atomic mass is 32.2. The lowest BCUT2D eigenvalue weighted by atomic mass is 10.1. The first-order valence-corrected chi connectivity index (χ1v) is 8.67. The Labute approximate surface area is 145 Å². The van der Waals surface area contributed by atoms with E-state index in [4.69, 9.17) is 12.2 Å². The van der Waals surface area contributed by atoms with Crippen molar-refractivity contribution in [1.82, 2.24) is 14.7 Å². The van der Waals surface area contributed by atoms with Gasteiger partial charge in [0, 0.05) is 18.3 Å². The maximum atomic E-state index is 12.7. The van der Waals surface area contributed by atoms with Gasteiger partial charge in [-0.1, -0.05) is 54.3 Å². The van der Waals surface area contributed by atoms with Crippen molar-refractivity contribution in [2.24, 2.45) is 0 Å². The van der Waals surface area contributed by atoms with Crippen molar-refractivity contribution in [3.8, 4) is 0 Å². The van der Waals surface area contributed by atoms with Crippen molar-refractivity contribution in [3.63, 3.8) is 0 Å². The minimum atomic E-state index is -0.0760. The molecule has 0 spiro atoms. The molecule has 1 saturated heterocycles. The van der Waals surface area contributed by atoms with Gasteiger partial charge in [-0.15, -0.1) is 0 Å². The topological polar surface area (TPSA) is 38.1 Å². The fourth-order valence-corrected chi connectivity index (χ4v) is 3.89. The van der Waals surface area contributed by atoms with Crippen molar-refractivity contribution < 1.29 is 4.79 Å². The highest BCUT2D eigenvalue weighted by Gasteiger charge is 2.35. The highest BCUT2D eigenvalue weighted by Crippen LogP contribution is 2.37. The molecule has 2 aromatic rings. The van der Waals surface area contributed by atoms with Crippen molar-refractivity contribution in [2.45, 2.75) is 26.4 Å². The SMILES string of the molecule is CCn1cc(/C=C2\SC(=S)N([C@@H](C)c3ccccc3)C2=O)cn1. The Balaban J connectivity index is 1.85. The van der Waals surface area contributed by atoms with Gasteiger partial charge in [0.15, 0.2) is 0 Å². The van der Waals surface area contributed by atoms with Crippen LogP contribution in [0.3, 0.4) is 0 Å². The van der Waals surface area contributed by atoms with E-state index in [-0.39, 0.29) is 11.9 Å². The Hall–Kier alpha value is -1.92. The van der Waals surface area contributed by atoms with Gasteiger partial charge < -0.3 is 0 Å². The maximum absolute atomic E-state index is 12.7. The number of hydrogen-bond donors (Lipinski definition) is 0. The molecule has 0 saturated carbocycles. The number of carbonyl (C=O) groups excluding carboxylic acids is 1. The van der Waals surface area contributed by atoms with Gasteiger partial charge in [-0.25, -0.2) is 0 Å². The van der Waals surface area contributed by atoms with E-state index < -0.39 is 0 Å². The quantitative estimate of drug-likeness (QED) is 0.624. The van der Waals surface area contributed by atoms with Gasteiger partial charge in [0.2, 0.25) is 0 Å². The molecule has 6 heteroatoms. The Morgan fingerprint density at radius 2 is 2.09 bits per heavy atom. The number of rotatable bonds is 4. The lowest BCUT2D eigenvalue weighted by Gasteiger charge is -2.23. The van der Waals surface area contributed by atoms with Crippen LogP contribution in [0.5, 0.6) is 0 Å². The summed E-state index contributed by atoms with van der Waals surface area (Å²) in [4.78, 5) is 15.1. The van der Waals surface area contributed by atoms with Gasteiger partial charge in [-0.3, -0.25) is 14.4 Å². The zero-order chi connectivity index (χ0) is 16.4. The third-order valence-corrected chi connectivity index (χ3v) is 5.10. The first kappa shape index (κ1) is 16.0. The summed E-state index contributed by atoms with van der Waals surface area (Å²) in [5, 5.41) is 4.23. The van der Waals surface area contributed by atoms with Crippen molar-refractivity contribution in [2.75, 3.05) is 0 Å². The molecule has 3 rings (SSSR count). The second kappa shape index (κ2) is 6.68. The summed E-state index contributed by atoms with van der Waals surface area (Å²) < 4.78 is 2.43. The van der Waals surface area contributed by atoms with Gasteiger partial charge in [-0.2, -0.15) is 5.10 Å². The van der Waals surface area contributed by atoms with Crippen molar-refractivity contribution in [1.29, 1.82) is 0 Å². The summed E-state index contributed by atoms with van der Waals surface area (Å²) in [6.45, 7) is 4.83. The van der Waals surface area contributed by atoms with E-state index in [1.54, 1.807) is 11.1 Å². The highest BCUT2D eigenvalue weighted by molar-refractivity contribution is 8.26.